The summed E-state index contributed by atoms with van der Waals surface area (Å²) in [5.74, 6) is -0.921. The third-order valence-electron chi connectivity index (χ3n) is 5.34. The van der Waals surface area contributed by atoms with Crippen LogP contribution in [-0.2, 0) is 32.0 Å². The summed E-state index contributed by atoms with van der Waals surface area (Å²) in [6, 6.07) is 12.1. The molecular weight excluding hydrogens is 436 g/mol. The summed E-state index contributed by atoms with van der Waals surface area (Å²) in [7, 11) is 4.40. The first-order valence-corrected chi connectivity index (χ1v) is 11.2. The molecular formula is C25H32N4O5. The van der Waals surface area contributed by atoms with Gasteiger partial charge in [-0.25, -0.2) is 9.78 Å². The maximum atomic E-state index is 12.9. The number of carbonyl (C=O) groups is 2. The molecule has 0 aliphatic heterocycles. The number of carbonyl (C=O) groups excluding carboxylic acids is 2. The number of nitrogens with one attached hydrogen (secondary N) is 2. The number of rotatable bonds is 12. The van der Waals surface area contributed by atoms with Gasteiger partial charge in [0.25, 0.3) is 0 Å². The van der Waals surface area contributed by atoms with Crippen LogP contribution in [0.5, 0.6) is 0 Å². The number of hydrogen-bond donors (Lipinski definition) is 2. The molecule has 0 saturated heterocycles. The monoisotopic (exact) mass is 468 g/mol. The first-order valence-electron chi connectivity index (χ1n) is 11.2. The van der Waals surface area contributed by atoms with Crippen molar-refractivity contribution in [2.24, 2.45) is 0 Å². The number of nitrogens with zero attached hydrogens (tertiary/aromatic N) is 2. The Kier molecular flexibility index (Phi) is 9.00. The van der Waals surface area contributed by atoms with Crippen molar-refractivity contribution in [3.05, 3.63) is 53.9 Å². The van der Waals surface area contributed by atoms with Crippen molar-refractivity contribution in [1.82, 2.24) is 9.55 Å². The van der Waals surface area contributed by atoms with E-state index in [1.54, 1.807) is 13.3 Å². The summed E-state index contributed by atoms with van der Waals surface area (Å²) in [4.78, 5) is 29.9. The van der Waals surface area contributed by atoms with Crippen LogP contribution in [0, 0.1) is 0 Å². The van der Waals surface area contributed by atoms with Crippen LogP contribution in [-0.4, -0.2) is 62.0 Å². The van der Waals surface area contributed by atoms with Crippen molar-refractivity contribution in [2.75, 3.05) is 45.2 Å². The summed E-state index contributed by atoms with van der Waals surface area (Å²) in [6.45, 7) is 2.89. The van der Waals surface area contributed by atoms with Crippen LogP contribution in [0.4, 0.5) is 11.4 Å². The van der Waals surface area contributed by atoms with Crippen LogP contribution in [0.25, 0.3) is 11.0 Å². The van der Waals surface area contributed by atoms with Crippen molar-refractivity contribution >= 4 is 34.3 Å². The molecule has 0 bridgehead atoms. The fraction of sp³-hybridized carbons (Fsp3) is 0.400. The summed E-state index contributed by atoms with van der Waals surface area (Å²) < 4.78 is 17.1. The van der Waals surface area contributed by atoms with Gasteiger partial charge in [0.05, 0.1) is 31.3 Å². The lowest BCUT2D eigenvalue weighted by molar-refractivity contribution is -0.119. The van der Waals surface area contributed by atoms with Gasteiger partial charge in [0.15, 0.2) is 5.69 Å². The molecule has 1 unspecified atom stereocenters. The number of esters is 1. The Morgan fingerprint density at radius 2 is 1.88 bits per heavy atom. The van der Waals surface area contributed by atoms with E-state index >= 15 is 0 Å². The third-order valence-corrected chi connectivity index (χ3v) is 5.34. The molecule has 1 aromatic carbocycles. The number of hydrogen-bond acceptors (Lipinski definition) is 7. The lowest BCUT2D eigenvalue weighted by Gasteiger charge is -2.14. The highest BCUT2D eigenvalue weighted by Gasteiger charge is 2.26. The standard InChI is InChI=1S/C25H32N4O5/c1-17(15-32-2)27-19-13-20-22(28-21(30)16-33-3)23(25(31)34-4)29(24(20)26-14-19)12-8-11-18-9-6-5-7-10-18/h5-7,9-10,13-14,17,27H,8,11-12,15-16H2,1-4H3,(H,28,30). The van der Waals surface area contributed by atoms with Gasteiger partial charge in [-0.1, -0.05) is 30.3 Å². The molecule has 1 amide bonds. The Bertz CT molecular complexity index is 1110. The molecule has 0 saturated carbocycles. The van der Waals surface area contributed by atoms with Gasteiger partial charge in [0.2, 0.25) is 5.91 Å². The van der Waals surface area contributed by atoms with E-state index in [4.69, 9.17) is 14.2 Å². The van der Waals surface area contributed by atoms with E-state index in [0.717, 1.165) is 18.5 Å². The van der Waals surface area contributed by atoms with E-state index in [1.807, 2.05) is 35.8 Å². The SMILES string of the molecule is COCC(=O)Nc1c(C(=O)OC)n(CCCc2ccccc2)c2ncc(NC(C)COC)cc12. The quantitative estimate of drug-likeness (QED) is 0.392. The van der Waals surface area contributed by atoms with Crippen molar-refractivity contribution in [2.45, 2.75) is 32.4 Å². The molecule has 9 nitrogen and oxygen atoms in total. The molecule has 1 atom stereocenters. The Balaban J connectivity index is 2.03. The van der Waals surface area contributed by atoms with Gasteiger partial charge in [-0.3, -0.25) is 4.79 Å². The van der Waals surface area contributed by atoms with Gasteiger partial charge in [-0.05, 0) is 31.4 Å². The molecule has 9 heteroatoms. The van der Waals surface area contributed by atoms with Gasteiger partial charge >= 0.3 is 5.97 Å². The number of aryl methyl sites for hydroxylation is 2. The van der Waals surface area contributed by atoms with E-state index in [-0.39, 0.29) is 24.2 Å². The first kappa shape index (κ1) is 25.2. The first-order chi connectivity index (χ1) is 16.5. The van der Waals surface area contributed by atoms with Gasteiger partial charge in [0.1, 0.15) is 12.3 Å². The number of ether oxygens (including phenoxy) is 3. The smallest absolute Gasteiger partial charge is 0.356 e. The van der Waals surface area contributed by atoms with Crippen LogP contribution < -0.4 is 10.6 Å². The molecule has 0 radical (unpaired) electrons. The second-order valence-corrected chi connectivity index (χ2v) is 8.03. The van der Waals surface area contributed by atoms with Crippen molar-refractivity contribution in [3.8, 4) is 0 Å². The molecule has 3 rings (SSSR count). The molecule has 0 aliphatic rings. The normalized spacial score (nSPS) is 11.9. The molecule has 0 aliphatic carbocycles. The minimum Gasteiger partial charge on any atom is -0.464 e. The molecule has 34 heavy (non-hydrogen) atoms. The second kappa shape index (κ2) is 12.2. The molecule has 182 valence electrons. The molecule has 0 fully saturated rings. The van der Waals surface area contributed by atoms with Gasteiger partial charge < -0.3 is 29.4 Å². The zero-order valence-corrected chi connectivity index (χ0v) is 20.1. The number of anilines is 2. The van der Waals surface area contributed by atoms with Crippen molar-refractivity contribution in [3.63, 3.8) is 0 Å². The minimum absolute atomic E-state index is 0.0452. The topological polar surface area (TPSA) is 104 Å². The Morgan fingerprint density at radius 1 is 1.12 bits per heavy atom. The Hall–Kier alpha value is -3.43. The van der Waals surface area contributed by atoms with Crippen LogP contribution in [0.1, 0.15) is 29.4 Å². The average molecular weight is 469 g/mol. The maximum absolute atomic E-state index is 12.9. The molecule has 3 aromatic rings. The van der Waals surface area contributed by atoms with Crippen LogP contribution in [0.2, 0.25) is 0 Å². The van der Waals surface area contributed by atoms with Crippen LogP contribution in [0.15, 0.2) is 42.6 Å². The average Bonchev–Trinajstić information content (AvgIpc) is 3.12. The van der Waals surface area contributed by atoms with Crippen molar-refractivity contribution < 1.29 is 23.8 Å². The van der Waals surface area contributed by atoms with E-state index in [2.05, 4.69) is 27.8 Å². The molecule has 2 heterocycles. The van der Waals surface area contributed by atoms with Crippen molar-refractivity contribution in [1.29, 1.82) is 0 Å². The number of pyridine rings is 1. The lowest BCUT2D eigenvalue weighted by Crippen LogP contribution is -2.21. The highest BCUT2D eigenvalue weighted by Crippen LogP contribution is 2.33. The predicted molar refractivity (Wildman–Crippen MR) is 131 cm³/mol. The summed E-state index contributed by atoms with van der Waals surface area (Å²) in [6.07, 6.45) is 3.32. The van der Waals surface area contributed by atoms with Gasteiger partial charge in [0, 0.05) is 32.2 Å². The number of methoxy groups -OCH3 is 3. The van der Waals surface area contributed by atoms with E-state index in [1.165, 1.54) is 19.8 Å². The Labute approximate surface area is 199 Å². The number of amides is 1. The fourth-order valence-corrected chi connectivity index (χ4v) is 3.93. The lowest BCUT2D eigenvalue weighted by atomic mass is 10.1. The summed E-state index contributed by atoms with van der Waals surface area (Å²) in [5.41, 5.74) is 3.16. The minimum atomic E-state index is -0.548. The number of benzene rings is 1. The fourth-order valence-electron chi connectivity index (χ4n) is 3.93. The number of aromatic nitrogens is 2. The zero-order valence-electron chi connectivity index (χ0n) is 20.1. The summed E-state index contributed by atoms with van der Waals surface area (Å²) in [5, 5.41) is 6.79. The van der Waals surface area contributed by atoms with Gasteiger partial charge in [-0.2, -0.15) is 0 Å². The second-order valence-electron chi connectivity index (χ2n) is 8.03. The van der Waals surface area contributed by atoms with E-state index < -0.39 is 5.97 Å². The Morgan fingerprint density at radius 3 is 2.56 bits per heavy atom. The third kappa shape index (κ3) is 6.12. The van der Waals surface area contributed by atoms with Gasteiger partial charge in [-0.15, -0.1) is 0 Å². The maximum Gasteiger partial charge on any atom is 0.356 e. The largest absolute Gasteiger partial charge is 0.464 e. The van der Waals surface area contributed by atoms with Crippen LogP contribution in [0.3, 0.4) is 0 Å². The zero-order chi connectivity index (χ0) is 24.5. The number of fused-ring (bicyclic) bond motifs is 1. The molecule has 2 aromatic heterocycles. The van der Waals surface area contributed by atoms with E-state index in [0.29, 0.717) is 29.9 Å². The van der Waals surface area contributed by atoms with Crippen LogP contribution >= 0.6 is 0 Å². The van der Waals surface area contributed by atoms with E-state index in [9.17, 15) is 9.59 Å². The highest BCUT2D eigenvalue weighted by atomic mass is 16.5. The summed E-state index contributed by atoms with van der Waals surface area (Å²) >= 11 is 0. The predicted octanol–water partition coefficient (Wildman–Crippen LogP) is 3.49. The molecule has 2 N–H and O–H groups in total. The molecule has 0 spiro atoms. The highest BCUT2D eigenvalue weighted by molar-refractivity contribution is 6.11.